The van der Waals surface area contributed by atoms with E-state index in [-0.39, 0.29) is 0 Å². The number of hydrogen-bond acceptors (Lipinski definition) is 4. The normalized spacial score (nSPS) is 10.6. The van der Waals surface area contributed by atoms with E-state index in [4.69, 9.17) is 21.7 Å². The Labute approximate surface area is 127 Å². The Hall–Kier alpha value is -2.40. The van der Waals surface area contributed by atoms with Crippen molar-refractivity contribution in [2.45, 2.75) is 0 Å². The summed E-state index contributed by atoms with van der Waals surface area (Å²) >= 11 is 5.31. The molecule has 3 aromatic rings. The number of aromatic nitrogens is 2. The van der Waals surface area contributed by atoms with E-state index in [1.807, 2.05) is 42.5 Å². The van der Waals surface area contributed by atoms with Gasteiger partial charge < -0.3 is 9.47 Å². The Bertz CT molecular complexity index is 836. The fourth-order valence-electron chi connectivity index (χ4n) is 2.39. The number of ether oxygens (including phenoxy) is 2. The number of benzene rings is 2. The van der Waals surface area contributed by atoms with Crippen LogP contribution in [0.3, 0.4) is 0 Å². The van der Waals surface area contributed by atoms with E-state index >= 15 is 0 Å². The second-order valence-corrected chi connectivity index (χ2v) is 4.89. The van der Waals surface area contributed by atoms with Gasteiger partial charge in [0.1, 0.15) is 21.8 Å². The van der Waals surface area contributed by atoms with E-state index in [9.17, 15) is 0 Å². The van der Waals surface area contributed by atoms with Crippen LogP contribution in [0.2, 0.25) is 0 Å². The fraction of sp³-hybridized carbons (Fsp3) is 0.125. The number of nitrogens with one attached hydrogen (secondary N) is 1. The van der Waals surface area contributed by atoms with Gasteiger partial charge in [-0.05, 0) is 12.1 Å². The van der Waals surface area contributed by atoms with Gasteiger partial charge in [-0.3, -0.25) is 5.10 Å². The number of H-pyrrole nitrogens is 1. The molecule has 0 aliphatic carbocycles. The zero-order chi connectivity index (χ0) is 14.8. The molecule has 5 heteroatoms. The van der Waals surface area contributed by atoms with Crippen molar-refractivity contribution in [1.82, 2.24) is 10.2 Å². The van der Waals surface area contributed by atoms with E-state index in [1.54, 1.807) is 14.2 Å². The first-order chi connectivity index (χ1) is 10.3. The first kappa shape index (κ1) is 13.6. The summed E-state index contributed by atoms with van der Waals surface area (Å²) in [5.74, 6) is 1.41. The van der Waals surface area contributed by atoms with Crippen molar-refractivity contribution in [2.24, 2.45) is 0 Å². The quantitative estimate of drug-likeness (QED) is 0.743. The van der Waals surface area contributed by atoms with Crippen molar-refractivity contribution >= 4 is 23.0 Å². The van der Waals surface area contributed by atoms with Crippen molar-refractivity contribution in [3.8, 4) is 22.8 Å². The highest BCUT2D eigenvalue weighted by atomic mass is 32.1. The summed E-state index contributed by atoms with van der Waals surface area (Å²) in [6.45, 7) is 0. The third-order valence-corrected chi connectivity index (χ3v) is 3.67. The molecule has 1 N–H and O–H groups in total. The third kappa shape index (κ3) is 2.25. The van der Waals surface area contributed by atoms with Gasteiger partial charge >= 0.3 is 0 Å². The van der Waals surface area contributed by atoms with Crippen LogP contribution in [0.25, 0.3) is 22.0 Å². The smallest absolute Gasteiger partial charge is 0.132 e. The molecule has 0 atom stereocenters. The Balaban J connectivity index is 2.42. The largest absolute Gasteiger partial charge is 0.496 e. The molecule has 0 fully saturated rings. The van der Waals surface area contributed by atoms with Crippen LogP contribution in [-0.4, -0.2) is 24.4 Å². The maximum absolute atomic E-state index is 5.46. The van der Waals surface area contributed by atoms with E-state index in [0.717, 1.165) is 22.0 Å². The standard InChI is InChI=1S/C16H14N2O2S/c1-19-12-8-5-9-13(20-2)14(12)15-10-6-3-4-7-11(10)16(21)18-17-15/h3-9H,1-2H3,(H,18,21). The molecule has 0 aliphatic heterocycles. The van der Waals surface area contributed by atoms with Gasteiger partial charge in [0, 0.05) is 10.8 Å². The van der Waals surface area contributed by atoms with Crippen LogP contribution in [0.1, 0.15) is 0 Å². The van der Waals surface area contributed by atoms with Crippen LogP contribution in [0.15, 0.2) is 42.5 Å². The molecule has 0 spiro atoms. The number of aromatic amines is 1. The van der Waals surface area contributed by atoms with Gasteiger partial charge in [0.25, 0.3) is 0 Å². The van der Waals surface area contributed by atoms with Crippen LogP contribution < -0.4 is 9.47 Å². The predicted molar refractivity (Wildman–Crippen MR) is 85.5 cm³/mol. The first-order valence-corrected chi connectivity index (χ1v) is 6.86. The SMILES string of the molecule is COc1cccc(OC)c1-c1n[nH]c(=S)c2ccccc12. The van der Waals surface area contributed by atoms with Gasteiger partial charge in [0.2, 0.25) is 0 Å². The summed E-state index contributed by atoms with van der Waals surface area (Å²) in [6.07, 6.45) is 0. The average Bonchev–Trinajstić information content (AvgIpc) is 2.55. The fourth-order valence-corrected chi connectivity index (χ4v) is 2.61. The number of methoxy groups -OCH3 is 2. The molecule has 4 nitrogen and oxygen atoms in total. The van der Waals surface area contributed by atoms with Crippen LogP contribution in [0, 0.1) is 4.64 Å². The first-order valence-electron chi connectivity index (χ1n) is 6.45. The van der Waals surface area contributed by atoms with Gasteiger partial charge in [-0.2, -0.15) is 5.10 Å². The third-order valence-electron chi connectivity index (χ3n) is 3.36. The van der Waals surface area contributed by atoms with E-state index < -0.39 is 0 Å². The summed E-state index contributed by atoms with van der Waals surface area (Å²) in [5, 5.41) is 9.21. The maximum Gasteiger partial charge on any atom is 0.132 e. The number of fused-ring (bicyclic) bond motifs is 1. The van der Waals surface area contributed by atoms with Crippen molar-refractivity contribution < 1.29 is 9.47 Å². The van der Waals surface area contributed by atoms with Gasteiger partial charge in [0.05, 0.1) is 19.8 Å². The zero-order valence-corrected chi connectivity index (χ0v) is 12.5. The highest BCUT2D eigenvalue weighted by molar-refractivity contribution is 7.71. The van der Waals surface area contributed by atoms with Crippen molar-refractivity contribution in [2.75, 3.05) is 14.2 Å². The Morgan fingerprint density at radius 3 is 2.14 bits per heavy atom. The lowest BCUT2D eigenvalue weighted by Gasteiger charge is -2.13. The summed E-state index contributed by atoms with van der Waals surface area (Å²) in [5.41, 5.74) is 1.57. The van der Waals surface area contributed by atoms with E-state index in [2.05, 4.69) is 10.2 Å². The average molecular weight is 298 g/mol. The van der Waals surface area contributed by atoms with Crippen LogP contribution >= 0.6 is 12.2 Å². The molecule has 2 aromatic carbocycles. The lowest BCUT2D eigenvalue weighted by atomic mass is 10.0. The molecule has 0 radical (unpaired) electrons. The molecule has 0 amide bonds. The lowest BCUT2D eigenvalue weighted by molar-refractivity contribution is 0.397. The highest BCUT2D eigenvalue weighted by Crippen LogP contribution is 2.39. The zero-order valence-electron chi connectivity index (χ0n) is 11.7. The molecule has 21 heavy (non-hydrogen) atoms. The molecular formula is C16H14N2O2S. The summed E-state index contributed by atoms with van der Waals surface area (Å²) in [7, 11) is 3.26. The van der Waals surface area contributed by atoms with Crippen molar-refractivity contribution in [3.63, 3.8) is 0 Å². The second kappa shape index (κ2) is 5.54. The topological polar surface area (TPSA) is 47.1 Å². The molecule has 0 saturated carbocycles. The molecule has 1 aromatic heterocycles. The second-order valence-electron chi connectivity index (χ2n) is 4.48. The molecule has 0 saturated heterocycles. The minimum absolute atomic E-state index is 0.614. The van der Waals surface area contributed by atoms with E-state index in [1.165, 1.54) is 0 Å². The summed E-state index contributed by atoms with van der Waals surface area (Å²) < 4.78 is 11.5. The van der Waals surface area contributed by atoms with Crippen LogP contribution in [0.5, 0.6) is 11.5 Å². The van der Waals surface area contributed by atoms with Gasteiger partial charge in [-0.25, -0.2) is 0 Å². The monoisotopic (exact) mass is 298 g/mol. The minimum atomic E-state index is 0.614. The molecule has 106 valence electrons. The van der Waals surface area contributed by atoms with Gasteiger partial charge in [0.15, 0.2) is 0 Å². The van der Waals surface area contributed by atoms with Crippen molar-refractivity contribution in [1.29, 1.82) is 0 Å². The lowest BCUT2D eigenvalue weighted by Crippen LogP contribution is -1.97. The van der Waals surface area contributed by atoms with Gasteiger partial charge in [-0.15, -0.1) is 0 Å². The molecule has 1 heterocycles. The van der Waals surface area contributed by atoms with Gasteiger partial charge in [-0.1, -0.05) is 42.5 Å². The predicted octanol–water partition coefficient (Wildman–Crippen LogP) is 3.98. The number of hydrogen-bond donors (Lipinski definition) is 1. The Morgan fingerprint density at radius 2 is 1.52 bits per heavy atom. The number of nitrogens with zero attached hydrogens (tertiary/aromatic N) is 1. The van der Waals surface area contributed by atoms with Crippen LogP contribution in [0.4, 0.5) is 0 Å². The molecule has 0 bridgehead atoms. The summed E-state index contributed by atoms with van der Waals surface area (Å²) in [6, 6.07) is 13.5. The van der Waals surface area contributed by atoms with Crippen LogP contribution in [-0.2, 0) is 0 Å². The summed E-state index contributed by atoms with van der Waals surface area (Å²) in [4.78, 5) is 0. The van der Waals surface area contributed by atoms with Crippen molar-refractivity contribution in [3.05, 3.63) is 47.1 Å². The van der Waals surface area contributed by atoms with E-state index in [0.29, 0.717) is 16.1 Å². The molecule has 3 rings (SSSR count). The molecule has 0 aliphatic rings. The molecule has 0 unspecified atom stereocenters. The Kier molecular flexibility index (Phi) is 3.58. The Morgan fingerprint density at radius 1 is 0.905 bits per heavy atom. The highest BCUT2D eigenvalue weighted by Gasteiger charge is 2.16. The maximum atomic E-state index is 5.46. The number of rotatable bonds is 3. The minimum Gasteiger partial charge on any atom is -0.496 e. The molecular weight excluding hydrogens is 284 g/mol.